The number of rotatable bonds is 5. The van der Waals surface area contributed by atoms with E-state index in [0.29, 0.717) is 0 Å². The second-order valence-electron chi connectivity index (χ2n) is 4.03. The molecule has 0 spiro atoms. The molecule has 0 aromatic heterocycles. The zero-order chi connectivity index (χ0) is 11.3. The lowest BCUT2D eigenvalue weighted by Gasteiger charge is -2.10. The first kappa shape index (κ1) is 11.9. The third kappa shape index (κ3) is 3.46. The summed E-state index contributed by atoms with van der Waals surface area (Å²) in [6.07, 6.45) is 3.58. The van der Waals surface area contributed by atoms with E-state index in [9.17, 15) is 0 Å². The van der Waals surface area contributed by atoms with E-state index in [2.05, 4.69) is 6.92 Å². The van der Waals surface area contributed by atoms with Crippen LogP contribution in [0.25, 0.3) is 0 Å². The number of unbranched alkanes of at least 4 members (excludes halogenated alkanes) is 2. The molecule has 0 radical (unpaired) electrons. The normalized spacial score (nSPS) is 10.3. The highest BCUT2D eigenvalue weighted by molar-refractivity contribution is 5.55. The smallest absolute Gasteiger partial charge is 0.119 e. The van der Waals surface area contributed by atoms with Gasteiger partial charge in [0.05, 0.1) is 6.61 Å². The molecule has 0 amide bonds. The zero-order valence-electron chi connectivity index (χ0n) is 9.97. The molecule has 0 saturated carbocycles. The van der Waals surface area contributed by atoms with E-state index in [4.69, 9.17) is 10.5 Å². The summed E-state index contributed by atoms with van der Waals surface area (Å²) in [5, 5.41) is 0. The first-order valence-electron chi connectivity index (χ1n) is 5.64. The van der Waals surface area contributed by atoms with Crippen molar-refractivity contribution in [3.8, 4) is 5.75 Å². The van der Waals surface area contributed by atoms with E-state index in [1.807, 2.05) is 26.0 Å². The zero-order valence-corrected chi connectivity index (χ0v) is 9.97. The number of ether oxygens (including phenoxy) is 1. The Bertz CT molecular complexity index is 297. The molecule has 0 unspecified atom stereocenters. The first-order chi connectivity index (χ1) is 7.15. The molecule has 0 aliphatic heterocycles. The Balaban J connectivity index is 2.55. The lowest BCUT2D eigenvalue weighted by atomic mass is 10.1. The third-order valence-electron chi connectivity index (χ3n) is 2.58. The van der Waals surface area contributed by atoms with Crippen LogP contribution >= 0.6 is 0 Å². The van der Waals surface area contributed by atoms with Gasteiger partial charge >= 0.3 is 0 Å². The molecule has 0 aliphatic carbocycles. The van der Waals surface area contributed by atoms with Crippen LogP contribution in [0.2, 0.25) is 0 Å². The van der Waals surface area contributed by atoms with E-state index >= 15 is 0 Å². The largest absolute Gasteiger partial charge is 0.494 e. The molecule has 0 saturated heterocycles. The summed E-state index contributed by atoms with van der Waals surface area (Å²) in [5.41, 5.74) is 8.94. The van der Waals surface area contributed by atoms with Gasteiger partial charge in [-0.25, -0.2) is 0 Å². The molecule has 15 heavy (non-hydrogen) atoms. The van der Waals surface area contributed by atoms with Gasteiger partial charge in [-0.3, -0.25) is 0 Å². The lowest BCUT2D eigenvalue weighted by Crippen LogP contribution is -2.00. The Labute approximate surface area is 92.4 Å². The number of anilines is 1. The molecule has 84 valence electrons. The van der Waals surface area contributed by atoms with Gasteiger partial charge in [0.25, 0.3) is 0 Å². The predicted octanol–water partition coefficient (Wildman–Crippen LogP) is 3.45. The van der Waals surface area contributed by atoms with E-state index in [1.54, 1.807) is 0 Å². The fourth-order valence-electron chi connectivity index (χ4n) is 1.56. The van der Waals surface area contributed by atoms with Crippen LogP contribution in [0.1, 0.15) is 37.3 Å². The Morgan fingerprint density at radius 3 is 2.27 bits per heavy atom. The summed E-state index contributed by atoms with van der Waals surface area (Å²) >= 11 is 0. The highest BCUT2D eigenvalue weighted by atomic mass is 16.5. The SMILES string of the molecule is CCCCCOc1cc(C)c(N)c(C)c1. The van der Waals surface area contributed by atoms with Crippen LogP contribution in [-0.4, -0.2) is 6.61 Å². The van der Waals surface area contributed by atoms with Crippen LogP contribution in [0.5, 0.6) is 5.75 Å². The molecule has 0 atom stereocenters. The third-order valence-corrected chi connectivity index (χ3v) is 2.58. The molecular weight excluding hydrogens is 186 g/mol. The van der Waals surface area contributed by atoms with E-state index in [1.165, 1.54) is 12.8 Å². The average molecular weight is 207 g/mol. The minimum Gasteiger partial charge on any atom is -0.494 e. The van der Waals surface area contributed by atoms with Crippen molar-refractivity contribution in [2.75, 3.05) is 12.3 Å². The predicted molar refractivity (Wildman–Crippen MR) is 65.3 cm³/mol. The van der Waals surface area contributed by atoms with Gasteiger partial charge in [-0.05, 0) is 43.5 Å². The fourth-order valence-corrected chi connectivity index (χ4v) is 1.56. The second kappa shape index (κ2) is 5.64. The Hall–Kier alpha value is -1.18. The maximum Gasteiger partial charge on any atom is 0.119 e. The van der Waals surface area contributed by atoms with Crippen LogP contribution in [0.15, 0.2) is 12.1 Å². The van der Waals surface area contributed by atoms with E-state index in [-0.39, 0.29) is 0 Å². The Morgan fingerprint density at radius 2 is 1.73 bits per heavy atom. The molecule has 2 N–H and O–H groups in total. The van der Waals surface area contributed by atoms with Crippen LogP contribution in [0, 0.1) is 13.8 Å². The van der Waals surface area contributed by atoms with Crippen molar-refractivity contribution in [2.45, 2.75) is 40.0 Å². The second-order valence-corrected chi connectivity index (χ2v) is 4.03. The molecule has 2 heteroatoms. The van der Waals surface area contributed by atoms with Crippen molar-refractivity contribution in [1.29, 1.82) is 0 Å². The summed E-state index contributed by atoms with van der Waals surface area (Å²) in [4.78, 5) is 0. The molecule has 1 rings (SSSR count). The maximum absolute atomic E-state index is 5.87. The molecule has 1 aromatic rings. The van der Waals surface area contributed by atoms with Crippen LogP contribution in [-0.2, 0) is 0 Å². The molecule has 1 aromatic carbocycles. The maximum atomic E-state index is 5.87. The first-order valence-corrected chi connectivity index (χ1v) is 5.64. The topological polar surface area (TPSA) is 35.2 Å². The van der Waals surface area contributed by atoms with Crippen molar-refractivity contribution in [2.24, 2.45) is 0 Å². The number of benzene rings is 1. The Morgan fingerprint density at radius 1 is 1.13 bits per heavy atom. The summed E-state index contributed by atoms with van der Waals surface area (Å²) in [7, 11) is 0. The highest BCUT2D eigenvalue weighted by Gasteiger charge is 2.02. The molecule has 0 fully saturated rings. The van der Waals surface area contributed by atoms with Gasteiger partial charge in [-0.1, -0.05) is 19.8 Å². The van der Waals surface area contributed by atoms with Crippen molar-refractivity contribution < 1.29 is 4.74 Å². The average Bonchev–Trinajstić information content (AvgIpc) is 2.21. The van der Waals surface area contributed by atoms with Gasteiger partial charge in [-0.15, -0.1) is 0 Å². The van der Waals surface area contributed by atoms with Gasteiger partial charge in [0.1, 0.15) is 5.75 Å². The minimum absolute atomic E-state index is 0.802. The number of hydrogen-bond acceptors (Lipinski definition) is 2. The molecule has 0 bridgehead atoms. The number of nitrogen functional groups attached to an aromatic ring is 1. The highest BCUT2D eigenvalue weighted by Crippen LogP contribution is 2.23. The lowest BCUT2D eigenvalue weighted by molar-refractivity contribution is 0.306. The van der Waals surface area contributed by atoms with E-state index in [0.717, 1.165) is 35.6 Å². The summed E-state index contributed by atoms with van der Waals surface area (Å²) in [5.74, 6) is 0.940. The van der Waals surface area contributed by atoms with Gasteiger partial charge in [-0.2, -0.15) is 0 Å². The molecule has 0 heterocycles. The van der Waals surface area contributed by atoms with Gasteiger partial charge in [0.2, 0.25) is 0 Å². The van der Waals surface area contributed by atoms with E-state index < -0.39 is 0 Å². The summed E-state index contributed by atoms with van der Waals surface area (Å²) in [6.45, 7) is 7.02. The van der Waals surface area contributed by atoms with Crippen molar-refractivity contribution in [1.82, 2.24) is 0 Å². The van der Waals surface area contributed by atoms with Crippen molar-refractivity contribution >= 4 is 5.69 Å². The van der Waals surface area contributed by atoms with Gasteiger partial charge in [0, 0.05) is 5.69 Å². The summed E-state index contributed by atoms with van der Waals surface area (Å²) in [6, 6.07) is 4.02. The molecule has 2 nitrogen and oxygen atoms in total. The number of hydrogen-bond donors (Lipinski definition) is 1. The van der Waals surface area contributed by atoms with Crippen LogP contribution < -0.4 is 10.5 Å². The summed E-state index contributed by atoms with van der Waals surface area (Å²) < 4.78 is 5.67. The van der Waals surface area contributed by atoms with Gasteiger partial charge in [0.15, 0.2) is 0 Å². The fraction of sp³-hybridized carbons (Fsp3) is 0.538. The quantitative estimate of drug-likeness (QED) is 0.593. The van der Waals surface area contributed by atoms with Crippen LogP contribution in [0.3, 0.4) is 0 Å². The standard InChI is InChI=1S/C13H21NO/c1-4-5-6-7-15-12-8-10(2)13(14)11(3)9-12/h8-9H,4-7,14H2,1-3H3. The van der Waals surface area contributed by atoms with Crippen molar-refractivity contribution in [3.05, 3.63) is 23.3 Å². The minimum atomic E-state index is 0.802. The van der Waals surface area contributed by atoms with Gasteiger partial charge < -0.3 is 10.5 Å². The van der Waals surface area contributed by atoms with Crippen molar-refractivity contribution in [3.63, 3.8) is 0 Å². The number of nitrogens with two attached hydrogens (primary N) is 1. The Kier molecular flexibility index (Phi) is 4.47. The monoisotopic (exact) mass is 207 g/mol. The molecular formula is C13H21NO. The van der Waals surface area contributed by atoms with Crippen LogP contribution in [0.4, 0.5) is 5.69 Å². The molecule has 0 aliphatic rings. The number of aryl methyl sites for hydroxylation is 2.